The molecule has 0 aliphatic heterocycles. The quantitative estimate of drug-likeness (QED) is 0.680. The summed E-state index contributed by atoms with van der Waals surface area (Å²) in [6.45, 7) is 5.25. The van der Waals surface area contributed by atoms with Gasteiger partial charge in [0.05, 0.1) is 22.3 Å². The van der Waals surface area contributed by atoms with Crippen molar-refractivity contribution in [1.29, 1.82) is 0 Å². The van der Waals surface area contributed by atoms with E-state index in [0.29, 0.717) is 21.3 Å². The minimum absolute atomic E-state index is 0.199. The molecule has 0 fully saturated rings. The smallest absolute Gasteiger partial charge is 0.347 e. The van der Waals surface area contributed by atoms with E-state index in [9.17, 15) is 9.59 Å². The van der Waals surface area contributed by atoms with Gasteiger partial charge in [-0.1, -0.05) is 6.07 Å². The maximum atomic E-state index is 12.6. The molecule has 1 amide bonds. The Morgan fingerprint density at radius 1 is 1.16 bits per heavy atom. The second kappa shape index (κ2) is 7.03. The molecule has 0 saturated heterocycles. The molecule has 2 N–H and O–H groups in total. The summed E-state index contributed by atoms with van der Waals surface area (Å²) in [4.78, 5) is 34.2. The number of hydrogen-bond acceptors (Lipinski definition) is 7. The highest BCUT2D eigenvalue weighted by atomic mass is 32.1. The van der Waals surface area contributed by atoms with E-state index in [-0.39, 0.29) is 16.8 Å². The third-order valence-electron chi connectivity index (χ3n) is 3.46. The average Bonchev–Trinajstić information content (AvgIpc) is 3.25. The van der Waals surface area contributed by atoms with Gasteiger partial charge in [-0.2, -0.15) is 0 Å². The Kier molecular flexibility index (Phi) is 4.98. The molecular formula is C16H15N3O3S3. The number of rotatable bonds is 5. The summed E-state index contributed by atoms with van der Waals surface area (Å²) in [5.41, 5.74) is 1.14. The molecule has 3 aromatic heterocycles. The lowest BCUT2D eigenvalue weighted by Gasteiger charge is -2.10. The van der Waals surface area contributed by atoms with Gasteiger partial charge >= 0.3 is 5.97 Å². The number of carboxylic acid groups (broad SMARTS) is 1. The van der Waals surface area contributed by atoms with Crippen LogP contribution in [-0.4, -0.2) is 27.0 Å². The lowest BCUT2D eigenvalue weighted by atomic mass is 10.3. The number of aromatic carboxylic acids is 1. The summed E-state index contributed by atoms with van der Waals surface area (Å²) >= 11 is 4.02. The van der Waals surface area contributed by atoms with Crippen molar-refractivity contribution in [3.63, 3.8) is 0 Å². The lowest BCUT2D eigenvalue weighted by molar-refractivity contribution is 0.0701. The van der Waals surface area contributed by atoms with Crippen molar-refractivity contribution >= 4 is 45.9 Å². The first-order chi connectivity index (χ1) is 11.9. The molecule has 6 nitrogen and oxygen atoms in total. The number of nitrogens with zero attached hydrogens (tertiary/aromatic N) is 2. The zero-order valence-electron chi connectivity index (χ0n) is 13.7. The van der Waals surface area contributed by atoms with Gasteiger partial charge in [0.15, 0.2) is 0 Å². The van der Waals surface area contributed by atoms with E-state index in [1.54, 1.807) is 25.2 Å². The molecule has 0 radical (unpaired) electrons. The number of carboxylic acids is 1. The van der Waals surface area contributed by atoms with Crippen LogP contribution in [0.5, 0.6) is 0 Å². The molecule has 1 unspecified atom stereocenters. The van der Waals surface area contributed by atoms with Crippen LogP contribution in [0, 0.1) is 13.8 Å². The van der Waals surface area contributed by atoms with Gasteiger partial charge in [-0.15, -0.1) is 34.0 Å². The van der Waals surface area contributed by atoms with Crippen LogP contribution in [-0.2, 0) is 0 Å². The Bertz CT molecular complexity index is 928. The fourth-order valence-electron chi connectivity index (χ4n) is 2.24. The zero-order chi connectivity index (χ0) is 18.1. The molecule has 3 aromatic rings. The van der Waals surface area contributed by atoms with Crippen LogP contribution >= 0.6 is 34.0 Å². The van der Waals surface area contributed by atoms with Crippen molar-refractivity contribution in [2.45, 2.75) is 26.8 Å². The van der Waals surface area contributed by atoms with Crippen LogP contribution in [0.2, 0.25) is 0 Å². The van der Waals surface area contributed by atoms with Gasteiger partial charge in [-0.3, -0.25) is 4.79 Å². The number of aryl methyl sites for hydroxylation is 2. The van der Waals surface area contributed by atoms with Crippen LogP contribution in [0.25, 0.3) is 9.88 Å². The fraction of sp³-hybridized carbons (Fsp3) is 0.250. The molecule has 0 saturated carbocycles. The molecule has 0 spiro atoms. The normalized spacial score (nSPS) is 12.1. The van der Waals surface area contributed by atoms with Gasteiger partial charge < -0.3 is 10.4 Å². The topological polar surface area (TPSA) is 92.2 Å². The molecule has 3 heterocycles. The molecule has 0 aromatic carbocycles. The molecule has 3 rings (SSSR count). The van der Waals surface area contributed by atoms with Gasteiger partial charge in [0, 0.05) is 0 Å². The van der Waals surface area contributed by atoms with Gasteiger partial charge in [0.2, 0.25) is 0 Å². The third kappa shape index (κ3) is 3.63. The highest BCUT2D eigenvalue weighted by molar-refractivity contribution is 7.22. The van der Waals surface area contributed by atoms with E-state index in [0.717, 1.165) is 21.2 Å². The first kappa shape index (κ1) is 17.7. The van der Waals surface area contributed by atoms with Gasteiger partial charge in [-0.25, -0.2) is 14.8 Å². The number of aromatic nitrogens is 2. The van der Waals surface area contributed by atoms with E-state index in [1.807, 2.05) is 24.4 Å². The Morgan fingerprint density at radius 3 is 2.48 bits per heavy atom. The predicted octanol–water partition coefficient (Wildman–Crippen LogP) is 4.13. The summed E-state index contributed by atoms with van der Waals surface area (Å²) in [5, 5.41) is 15.4. The summed E-state index contributed by atoms with van der Waals surface area (Å²) in [7, 11) is 0. The zero-order valence-corrected chi connectivity index (χ0v) is 16.1. The van der Waals surface area contributed by atoms with E-state index in [2.05, 4.69) is 15.3 Å². The monoisotopic (exact) mass is 393 g/mol. The van der Waals surface area contributed by atoms with Crippen molar-refractivity contribution in [2.75, 3.05) is 0 Å². The first-order valence-corrected chi connectivity index (χ1v) is 9.91. The third-order valence-corrected chi connectivity index (χ3v) is 6.98. The molecule has 0 aliphatic carbocycles. The van der Waals surface area contributed by atoms with Crippen LogP contribution in [0.15, 0.2) is 17.5 Å². The predicted molar refractivity (Wildman–Crippen MR) is 99.9 cm³/mol. The highest BCUT2D eigenvalue weighted by Crippen LogP contribution is 2.31. The van der Waals surface area contributed by atoms with Gasteiger partial charge in [0.1, 0.15) is 19.8 Å². The van der Waals surface area contributed by atoms with Gasteiger partial charge in [-0.05, 0) is 32.2 Å². The molecule has 130 valence electrons. The summed E-state index contributed by atoms with van der Waals surface area (Å²) in [6.07, 6.45) is 0. The molecular weight excluding hydrogens is 378 g/mol. The number of thiazole rings is 2. The van der Waals surface area contributed by atoms with Crippen molar-refractivity contribution in [1.82, 2.24) is 15.3 Å². The maximum absolute atomic E-state index is 12.6. The second-order valence-electron chi connectivity index (χ2n) is 5.38. The van der Waals surface area contributed by atoms with E-state index in [1.165, 1.54) is 11.3 Å². The van der Waals surface area contributed by atoms with E-state index >= 15 is 0 Å². The van der Waals surface area contributed by atoms with Crippen molar-refractivity contribution in [3.05, 3.63) is 43.7 Å². The Morgan fingerprint density at radius 2 is 1.88 bits per heavy atom. The van der Waals surface area contributed by atoms with Crippen LogP contribution in [0.4, 0.5) is 0 Å². The minimum atomic E-state index is -1.00. The summed E-state index contributed by atoms with van der Waals surface area (Å²) < 4.78 is 0. The van der Waals surface area contributed by atoms with E-state index < -0.39 is 5.97 Å². The second-order valence-corrected chi connectivity index (χ2v) is 8.36. The number of hydrogen-bond donors (Lipinski definition) is 2. The maximum Gasteiger partial charge on any atom is 0.347 e. The highest BCUT2D eigenvalue weighted by Gasteiger charge is 2.22. The molecule has 1 atom stereocenters. The van der Waals surface area contributed by atoms with Crippen LogP contribution in [0.1, 0.15) is 48.7 Å². The number of amides is 1. The largest absolute Gasteiger partial charge is 0.477 e. The molecule has 25 heavy (non-hydrogen) atoms. The van der Waals surface area contributed by atoms with Gasteiger partial charge in [0.25, 0.3) is 5.91 Å². The number of carbonyl (C=O) groups is 2. The van der Waals surface area contributed by atoms with Crippen molar-refractivity contribution < 1.29 is 14.7 Å². The van der Waals surface area contributed by atoms with Crippen molar-refractivity contribution in [2.24, 2.45) is 0 Å². The molecule has 9 heteroatoms. The Hall–Kier alpha value is -2.10. The lowest BCUT2D eigenvalue weighted by Crippen LogP contribution is -2.26. The summed E-state index contributed by atoms with van der Waals surface area (Å²) in [6, 6.07) is 3.54. The standard InChI is InChI=1S/C16H15N3O3S3/c1-7-11(24-15(19-7)10-5-4-6-23-10)13(20)17-9(3)14-18-8(2)12(25-14)16(21)22/h4-6,9H,1-3H3,(H,17,20)(H,21,22). The first-order valence-electron chi connectivity index (χ1n) is 7.39. The number of thiophene rings is 1. The van der Waals surface area contributed by atoms with Crippen LogP contribution < -0.4 is 5.32 Å². The molecule has 0 aliphatic rings. The minimum Gasteiger partial charge on any atom is -0.477 e. The van der Waals surface area contributed by atoms with Crippen molar-refractivity contribution in [3.8, 4) is 9.88 Å². The summed E-state index contributed by atoms with van der Waals surface area (Å²) in [5.74, 6) is -1.23. The molecule has 0 bridgehead atoms. The van der Waals surface area contributed by atoms with E-state index in [4.69, 9.17) is 5.11 Å². The SMILES string of the molecule is Cc1nc(C(C)NC(=O)c2sc(-c3cccs3)nc2C)sc1C(=O)O. The Balaban J connectivity index is 1.78. The Labute approximate surface area is 156 Å². The number of carbonyl (C=O) groups excluding carboxylic acids is 1. The van der Waals surface area contributed by atoms with Crippen LogP contribution in [0.3, 0.4) is 0 Å². The fourth-order valence-corrected chi connectivity index (χ4v) is 4.91. The average molecular weight is 394 g/mol. The number of nitrogens with one attached hydrogen (secondary N) is 1.